The van der Waals surface area contributed by atoms with Crippen LogP contribution in [0.1, 0.15) is 11.1 Å². The summed E-state index contributed by atoms with van der Waals surface area (Å²) in [6.45, 7) is 0. The smallest absolute Gasteiger partial charge is 0.417 e. The van der Waals surface area contributed by atoms with Gasteiger partial charge in [-0.15, -0.1) is 0 Å². The Bertz CT molecular complexity index is 735. The minimum atomic E-state index is -4.54. The summed E-state index contributed by atoms with van der Waals surface area (Å²) >= 11 is 0. The van der Waals surface area contributed by atoms with Crippen LogP contribution in [0.2, 0.25) is 0 Å². The van der Waals surface area contributed by atoms with Gasteiger partial charge in [0.15, 0.2) is 0 Å². The summed E-state index contributed by atoms with van der Waals surface area (Å²) < 4.78 is 38.9. The second kappa shape index (κ2) is 5.43. The number of hydrogen-bond acceptors (Lipinski definition) is 2. The molecule has 7 heteroatoms. The molecule has 0 aliphatic rings. The molecule has 4 nitrogen and oxygen atoms in total. The summed E-state index contributed by atoms with van der Waals surface area (Å²) in [6, 6.07) is 6.05. The van der Waals surface area contributed by atoms with Gasteiger partial charge in [0.05, 0.1) is 12.0 Å². The average Bonchev–Trinajstić information content (AvgIpc) is 2.40. The maximum atomic E-state index is 13.0. The number of carbonyl (C=O) groups is 1. The van der Waals surface area contributed by atoms with Crippen LogP contribution in [0.15, 0.2) is 41.3 Å². The fraction of sp³-hybridized carbons (Fsp3) is 0.143. The standard InChI is InChI=1S/C14H10F3NO3/c15-14(16,17)11-4-2-1-3-10(11)9-5-8(6-12(19)20)13(21)18-7-9/h1-5,7H,6H2,(H,18,21)(H,19,20). The van der Waals surface area contributed by atoms with Crippen molar-refractivity contribution in [2.75, 3.05) is 0 Å². The van der Waals surface area contributed by atoms with E-state index in [1.165, 1.54) is 18.2 Å². The predicted molar refractivity (Wildman–Crippen MR) is 68.8 cm³/mol. The number of carboxylic acid groups (broad SMARTS) is 1. The lowest BCUT2D eigenvalue weighted by atomic mass is 9.99. The Morgan fingerprint density at radius 1 is 1.24 bits per heavy atom. The van der Waals surface area contributed by atoms with E-state index in [1.54, 1.807) is 0 Å². The SMILES string of the molecule is O=C(O)Cc1cc(-c2ccccc2C(F)(F)F)c[nH]c1=O. The number of aromatic amines is 1. The van der Waals surface area contributed by atoms with Gasteiger partial charge in [-0.1, -0.05) is 18.2 Å². The van der Waals surface area contributed by atoms with Gasteiger partial charge in [0.25, 0.3) is 5.56 Å². The van der Waals surface area contributed by atoms with Crippen molar-refractivity contribution in [3.8, 4) is 11.1 Å². The molecule has 0 amide bonds. The minimum Gasteiger partial charge on any atom is -0.481 e. The Labute approximate surface area is 116 Å². The first kappa shape index (κ1) is 14.8. The normalized spacial score (nSPS) is 11.4. The van der Waals surface area contributed by atoms with Crippen molar-refractivity contribution >= 4 is 5.97 Å². The number of H-pyrrole nitrogens is 1. The highest BCUT2D eigenvalue weighted by Gasteiger charge is 2.33. The minimum absolute atomic E-state index is 0.100. The van der Waals surface area contributed by atoms with Crippen LogP contribution >= 0.6 is 0 Å². The molecule has 21 heavy (non-hydrogen) atoms. The lowest BCUT2D eigenvalue weighted by molar-refractivity contribution is -0.137. The number of pyridine rings is 1. The van der Waals surface area contributed by atoms with Gasteiger partial charge >= 0.3 is 12.1 Å². The van der Waals surface area contributed by atoms with Gasteiger partial charge in [0.1, 0.15) is 0 Å². The van der Waals surface area contributed by atoms with Crippen molar-refractivity contribution in [2.24, 2.45) is 0 Å². The van der Waals surface area contributed by atoms with Crippen molar-refractivity contribution in [1.82, 2.24) is 4.98 Å². The number of halogens is 3. The summed E-state index contributed by atoms with van der Waals surface area (Å²) in [5.74, 6) is -1.23. The van der Waals surface area contributed by atoms with E-state index < -0.39 is 29.7 Å². The van der Waals surface area contributed by atoms with E-state index in [-0.39, 0.29) is 16.7 Å². The van der Waals surface area contributed by atoms with E-state index in [9.17, 15) is 22.8 Å². The molecule has 0 saturated heterocycles. The molecule has 0 unspecified atom stereocenters. The zero-order valence-electron chi connectivity index (χ0n) is 10.6. The summed E-state index contributed by atoms with van der Waals surface area (Å²) in [5, 5.41) is 8.70. The van der Waals surface area contributed by atoms with Crippen molar-refractivity contribution in [3.63, 3.8) is 0 Å². The van der Waals surface area contributed by atoms with Crippen LogP contribution in [0.4, 0.5) is 13.2 Å². The summed E-state index contributed by atoms with van der Waals surface area (Å²) in [7, 11) is 0. The van der Waals surface area contributed by atoms with Crippen LogP contribution in [0.25, 0.3) is 11.1 Å². The van der Waals surface area contributed by atoms with Crippen LogP contribution in [0.3, 0.4) is 0 Å². The first-order valence-electron chi connectivity index (χ1n) is 5.89. The Morgan fingerprint density at radius 2 is 1.90 bits per heavy atom. The molecular formula is C14H10F3NO3. The Hall–Kier alpha value is -2.57. The quantitative estimate of drug-likeness (QED) is 0.915. The van der Waals surface area contributed by atoms with Gasteiger partial charge in [0.2, 0.25) is 0 Å². The monoisotopic (exact) mass is 297 g/mol. The Morgan fingerprint density at radius 3 is 2.52 bits per heavy atom. The molecule has 0 aliphatic carbocycles. The highest BCUT2D eigenvalue weighted by molar-refractivity contribution is 5.72. The molecule has 2 N–H and O–H groups in total. The number of nitrogens with one attached hydrogen (secondary N) is 1. The van der Waals surface area contributed by atoms with Crippen molar-refractivity contribution in [3.05, 3.63) is 58.0 Å². The van der Waals surface area contributed by atoms with Gasteiger partial charge in [-0.3, -0.25) is 9.59 Å². The molecule has 1 heterocycles. The van der Waals surface area contributed by atoms with Crippen LogP contribution in [-0.2, 0) is 17.4 Å². The van der Waals surface area contributed by atoms with Crippen LogP contribution < -0.4 is 5.56 Å². The molecule has 0 bridgehead atoms. The zero-order valence-corrected chi connectivity index (χ0v) is 10.6. The van der Waals surface area contributed by atoms with Gasteiger partial charge in [-0.2, -0.15) is 13.2 Å². The van der Waals surface area contributed by atoms with E-state index in [1.807, 2.05) is 0 Å². The molecule has 0 atom stereocenters. The molecule has 0 saturated carbocycles. The molecule has 2 aromatic rings. The first-order valence-corrected chi connectivity index (χ1v) is 5.89. The second-order valence-electron chi connectivity index (χ2n) is 4.36. The van der Waals surface area contributed by atoms with E-state index in [0.29, 0.717) is 0 Å². The fourth-order valence-electron chi connectivity index (χ4n) is 1.96. The van der Waals surface area contributed by atoms with Gasteiger partial charge in [-0.25, -0.2) is 0 Å². The molecular weight excluding hydrogens is 287 g/mol. The molecule has 2 rings (SSSR count). The van der Waals surface area contributed by atoms with Crippen LogP contribution in [0, 0.1) is 0 Å². The third-order valence-corrected chi connectivity index (χ3v) is 2.87. The largest absolute Gasteiger partial charge is 0.481 e. The molecule has 1 aromatic carbocycles. The molecule has 110 valence electrons. The maximum Gasteiger partial charge on any atom is 0.417 e. The maximum absolute atomic E-state index is 13.0. The third kappa shape index (κ3) is 3.31. The molecule has 0 fully saturated rings. The van der Waals surface area contributed by atoms with E-state index in [2.05, 4.69) is 4.98 Å². The number of hydrogen-bond donors (Lipinski definition) is 2. The molecule has 0 spiro atoms. The van der Waals surface area contributed by atoms with Gasteiger partial charge in [0, 0.05) is 11.8 Å². The zero-order chi connectivity index (χ0) is 15.6. The van der Waals surface area contributed by atoms with Crippen LogP contribution in [-0.4, -0.2) is 16.1 Å². The summed E-state index contributed by atoms with van der Waals surface area (Å²) in [5.41, 5.74) is -1.59. The third-order valence-electron chi connectivity index (χ3n) is 2.87. The van der Waals surface area contributed by atoms with Gasteiger partial charge in [-0.05, 0) is 23.3 Å². The number of rotatable bonds is 3. The van der Waals surface area contributed by atoms with E-state index in [4.69, 9.17) is 5.11 Å². The topological polar surface area (TPSA) is 70.2 Å². The summed E-state index contributed by atoms with van der Waals surface area (Å²) in [6.07, 6.45) is -3.96. The predicted octanol–water partition coefficient (Wildman–Crippen LogP) is 2.69. The fourth-order valence-corrected chi connectivity index (χ4v) is 1.96. The number of benzene rings is 1. The second-order valence-corrected chi connectivity index (χ2v) is 4.36. The number of aliphatic carboxylic acids is 1. The Balaban J connectivity index is 2.58. The average molecular weight is 297 g/mol. The summed E-state index contributed by atoms with van der Waals surface area (Å²) in [4.78, 5) is 24.4. The van der Waals surface area contributed by atoms with Crippen molar-refractivity contribution in [1.29, 1.82) is 0 Å². The molecule has 0 radical (unpaired) electrons. The highest BCUT2D eigenvalue weighted by atomic mass is 19.4. The number of aromatic nitrogens is 1. The molecule has 0 aliphatic heterocycles. The Kier molecular flexibility index (Phi) is 3.84. The first-order chi connectivity index (χ1) is 9.79. The van der Waals surface area contributed by atoms with Gasteiger partial charge < -0.3 is 10.1 Å². The highest BCUT2D eigenvalue weighted by Crippen LogP contribution is 2.36. The number of alkyl halides is 3. The van der Waals surface area contributed by atoms with E-state index in [0.717, 1.165) is 18.3 Å². The van der Waals surface area contributed by atoms with Crippen LogP contribution in [0.5, 0.6) is 0 Å². The molecule has 1 aromatic heterocycles. The van der Waals surface area contributed by atoms with Crippen molar-refractivity contribution < 1.29 is 23.1 Å². The number of carboxylic acids is 1. The lowest BCUT2D eigenvalue weighted by Gasteiger charge is -2.13. The van der Waals surface area contributed by atoms with E-state index >= 15 is 0 Å². The van der Waals surface area contributed by atoms with Crippen molar-refractivity contribution in [2.45, 2.75) is 12.6 Å². The lowest BCUT2D eigenvalue weighted by Crippen LogP contribution is -2.16.